The van der Waals surface area contributed by atoms with Gasteiger partial charge < -0.3 is 15.4 Å². The molecule has 2 amide bonds. The Bertz CT molecular complexity index is 1050. The van der Waals surface area contributed by atoms with Crippen molar-refractivity contribution < 1.29 is 14.3 Å². The third kappa shape index (κ3) is 6.45. The van der Waals surface area contributed by atoms with E-state index in [1.165, 1.54) is 0 Å². The topological polar surface area (TPSA) is 67.4 Å². The zero-order chi connectivity index (χ0) is 22.9. The maximum Gasteiger partial charge on any atom is 0.259 e. The van der Waals surface area contributed by atoms with Crippen LogP contribution >= 0.6 is 0 Å². The molecule has 1 atom stereocenters. The van der Waals surface area contributed by atoms with E-state index in [1.54, 1.807) is 42.5 Å². The van der Waals surface area contributed by atoms with Gasteiger partial charge in [0.2, 0.25) is 0 Å². The summed E-state index contributed by atoms with van der Waals surface area (Å²) in [6.07, 6.45) is 0.911. The Labute approximate surface area is 189 Å². The molecule has 5 heteroatoms. The van der Waals surface area contributed by atoms with Gasteiger partial charge in [0, 0.05) is 11.3 Å². The molecule has 3 rings (SSSR count). The lowest BCUT2D eigenvalue weighted by atomic mass is 10.1. The van der Waals surface area contributed by atoms with Crippen LogP contribution < -0.4 is 15.4 Å². The van der Waals surface area contributed by atoms with Crippen LogP contribution in [0.5, 0.6) is 5.75 Å². The predicted octanol–water partition coefficient (Wildman–Crippen LogP) is 5.85. The first-order chi connectivity index (χ1) is 15.4. The minimum absolute atomic E-state index is 0.128. The number of hydrogen-bond acceptors (Lipinski definition) is 3. The lowest BCUT2D eigenvalue weighted by Gasteiger charge is -2.15. The first-order valence-electron chi connectivity index (χ1n) is 10.9. The molecule has 0 saturated carbocycles. The van der Waals surface area contributed by atoms with Gasteiger partial charge in [-0.05, 0) is 55.2 Å². The zero-order valence-corrected chi connectivity index (χ0v) is 18.8. The highest BCUT2D eigenvalue weighted by atomic mass is 16.5. The smallest absolute Gasteiger partial charge is 0.259 e. The van der Waals surface area contributed by atoms with Gasteiger partial charge in [0.15, 0.2) is 0 Å². The van der Waals surface area contributed by atoms with E-state index >= 15 is 0 Å². The summed E-state index contributed by atoms with van der Waals surface area (Å²) in [6.45, 7) is 6.75. The summed E-state index contributed by atoms with van der Waals surface area (Å²) in [4.78, 5) is 25.6. The molecular formula is C27H30N2O3. The molecule has 0 aromatic heterocycles. The van der Waals surface area contributed by atoms with Crippen molar-refractivity contribution in [3.63, 3.8) is 0 Å². The highest BCUT2D eigenvalue weighted by molar-refractivity contribution is 6.06. The van der Waals surface area contributed by atoms with Crippen molar-refractivity contribution in [2.45, 2.75) is 33.2 Å². The molecule has 1 unspecified atom stereocenters. The van der Waals surface area contributed by atoms with Crippen LogP contribution in [0.15, 0.2) is 78.9 Å². The molecule has 0 heterocycles. The number of ether oxygens (including phenoxy) is 1. The van der Waals surface area contributed by atoms with Crippen LogP contribution in [0.1, 0.15) is 59.5 Å². The first-order valence-corrected chi connectivity index (χ1v) is 10.9. The number of nitrogens with one attached hydrogen (secondary N) is 2. The number of para-hydroxylation sites is 1. The second-order valence-electron chi connectivity index (χ2n) is 8.17. The highest BCUT2D eigenvalue weighted by Crippen LogP contribution is 2.21. The fourth-order valence-electron chi connectivity index (χ4n) is 3.23. The summed E-state index contributed by atoms with van der Waals surface area (Å²) in [7, 11) is 0. The molecule has 0 spiro atoms. The number of carbonyl (C=O) groups is 2. The molecule has 0 aliphatic carbocycles. The molecule has 3 aromatic carbocycles. The number of carbonyl (C=O) groups excluding carboxylic acids is 2. The predicted molar refractivity (Wildman–Crippen MR) is 128 cm³/mol. The minimum Gasteiger partial charge on any atom is -0.493 e. The normalized spacial score (nSPS) is 11.6. The van der Waals surface area contributed by atoms with Gasteiger partial charge in [0.05, 0.1) is 18.2 Å². The van der Waals surface area contributed by atoms with Gasteiger partial charge in [-0.1, -0.05) is 62.4 Å². The van der Waals surface area contributed by atoms with E-state index in [2.05, 4.69) is 24.5 Å². The van der Waals surface area contributed by atoms with E-state index in [0.29, 0.717) is 35.1 Å². The second-order valence-corrected chi connectivity index (χ2v) is 8.17. The average molecular weight is 431 g/mol. The molecule has 0 bridgehead atoms. The van der Waals surface area contributed by atoms with E-state index < -0.39 is 0 Å². The summed E-state index contributed by atoms with van der Waals surface area (Å²) < 4.78 is 5.83. The molecule has 0 saturated heterocycles. The van der Waals surface area contributed by atoms with E-state index in [0.717, 1.165) is 12.0 Å². The van der Waals surface area contributed by atoms with Gasteiger partial charge in [-0.15, -0.1) is 0 Å². The number of anilines is 1. The van der Waals surface area contributed by atoms with E-state index in [4.69, 9.17) is 4.74 Å². The van der Waals surface area contributed by atoms with Crippen molar-refractivity contribution >= 4 is 17.5 Å². The number of benzene rings is 3. The Morgan fingerprint density at radius 1 is 0.844 bits per heavy atom. The third-order valence-corrected chi connectivity index (χ3v) is 5.11. The van der Waals surface area contributed by atoms with Gasteiger partial charge in [0.25, 0.3) is 11.8 Å². The average Bonchev–Trinajstić information content (AvgIpc) is 2.80. The van der Waals surface area contributed by atoms with Crippen molar-refractivity contribution in [2.24, 2.45) is 5.92 Å². The SMILES string of the molecule is CC(C)CCOc1ccccc1C(=O)Nc1cccc(C(=O)NC(C)c2ccccc2)c1. The van der Waals surface area contributed by atoms with E-state index in [9.17, 15) is 9.59 Å². The van der Waals surface area contributed by atoms with Gasteiger partial charge >= 0.3 is 0 Å². The van der Waals surface area contributed by atoms with Crippen LogP contribution in [-0.2, 0) is 0 Å². The summed E-state index contributed by atoms with van der Waals surface area (Å²) in [5, 5.41) is 5.87. The van der Waals surface area contributed by atoms with Crippen LogP contribution in [0.25, 0.3) is 0 Å². The highest BCUT2D eigenvalue weighted by Gasteiger charge is 2.15. The maximum atomic E-state index is 12.9. The molecule has 0 radical (unpaired) electrons. The molecule has 2 N–H and O–H groups in total. The van der Waals surface area contributed by atoms with Crippen molar-refractivity contribution in [3.05, 3.63) is 95.6 Å². The van der Waals surface area contributed by atoms with Crippen LogP contribution in [0.4, 0.5) is 5.69 Å². The second kappa shape index (κ2) is 11.1. The van der Waals surface area contributed by atoms with Crippen molar-refractivity contribution in [2.75, 3.05) is 11.9 Å². The number of hydrogen-bond donors (Lipinski definition) is 2. The fourth-order valence-corrected chi connectivity index (χ4v) is 3.23. The molecule has 166 valence electrons. The third-order valence-electron chi connectivity index (χ3n) is 5.11. The van der Waals surface area contributed by atoms with Crippen LogP contribution in [0.2, 0.25) is 0 Å². The van der Waals surface area contributed by atoms with Gasteiger partial charge in [-0.3, -0.25) is 9.59 Å². The van der Waals surface area contributed by atoms with Gasteiger partial charge in [-0.25, -0.2) is 0 Å². The maximum absolute atomic E-state index is 12.9. The van der Waals surface area contributed by atoms with Crippen molar-refractivity contribution in [1.82, 2.24) is 5.32 Å². The van der Waals surface area contributed by atoms with Gasteiger partial charge in [0.1, 0.15) is 5.75 Å². The summed E-state index contributed by atoms with van der Waals surface area (Å²) >= 11 is 0. The lowest BCUT2D eigenvalue weighted by molar-refractivity contribution is 0.0938. The summed E-state index contributed by atoms with van der Waals surface area (Å²) in [5.74, 6) is 0.598. The Morgan fingerprint density at radius 3 is 2.31 bits per heavy atom. The largest absolute Gasteiger partial charge is 0.493 e. The molecule has 5 nitrogen and oxygen atoms in total. The van der Waals surface area contributed by atoms with Crippen LogP contribution in [-0.4, -0.2) is 18.4 Å². The zero-order valence-electron chi connectivity index (χ0n) is 18.8. The van der Waals surface area contributed by atoms with Gasteiger partial charge in [-0.2, -0.15) is 0 Å². The molecule has 0 aliphatic rings. The Kier molecular flexibility index (Phi) is 8.03. The lowest BCUT2D eigenvalue weighted by Crippen LogP contribution is -2.26. The molecule has 0 aliphatic heterocycles. The summed E-state index contributed by atoms with van der Waals surface area (Å²) in [5.41, 5.74) is 2.52. The monoisotopic (exact) mass is 430 g/mol. The first kappa shape index (κ1) is 23.1. The molecular weight excluding hydrogens is 400 g/mol. The minimum atomic E-state index is -0.277. The quantitative estimate of drug-likeness (QED) is 0.447. The van der Waals surface area contributed by atoms with E-state index in [-0.39, 0.29) is 17.9 Å². The number of amides is 2. The number of rotatable bonds is 9. The molecule has 0 fully saturated rings. The Balaban J connectivity index is 1.67. The fraction of sp³-hybridized carbons (Fsp3) is 0.259. The van der Waals surface area contributed by atoms with Crippen LogP contribution in [0.3, 0.4) is 0 Å². The Morgan fingerprint density at radius 2 is 1.56 bits per heavy atom. The van der Waals surface area contributed by atoms with Crippen molar-refractivity contribution in [1.29, 1.82) is 0 Å². The standard InChI is InChI=1S/C27H30N2O3/c1-19(2)16-17-32-25-15-8-7-14-24(25)27(31)29-23-13-9-12-22(18-23)26(30)28-20(3)21-10-5-4-6-11-21/h4-15,18-20H,16-17H2,1-3H3,(H,28,30)(H,29,31). The Hall–Kier alpha value is -3.60. The van der Waals surface area contributed by atoms with Crippen LogP contribution in [0, 0.1) is 5.92 Å². The molecule has 32 heavy (non-hydrogen) atoms. The molecule has 3 aromatic rings. The summed E-state index contributed by atoms with van der Waals surface area (Å²) in [6, 6.07) is 23.7. The van der Waals surface area contributed by atoms with E-state index in [1.807, 2.05) is 43.3 Å². The van der Waals surface area contributed by atoms with Crippen molar-refractivity contribution in [3.8, 4) is 5.75 Å².